The Kier molecular flexibility index (Phi) is 5.45. The molecule has 4 aromatic rings. The largest absolute Gasteiger partial charge is 0.374 e. The molecule has 4 N–H and O–H groups in total. The number of para-hydroxylation sites is 1. The molecule has 0 saturated heterocycles. The number of carbonyl (C=O) groups is 2. The first-order valence-corrected chi connectivity index (χ1v) is 10.2. The van der Waals surface area contributed by atoms with Gasteiger partial charge in [0.1, 0.15) is 11.0 Å². The third kappa shape index (κ3) is 4.31. The summed E-state index contributed by atoms with van der Waals surface area (Å²) in [7, 11) is 0. The molecule has 6 nitrogen and oxygen atoms in total. The first-order valence-electron chi connectivity index (χ1n) is 9.43. The summed E-state index contributed by atoms with van der Waals surface area (Å²) in [5, 5.41) is 6.99. The van der Waals surface area contributed by atoms with Crippen LogP contribution in [0, 0.1) is 0 Å². The molecule has 0 aliphatic rings. The van der Waals surface area contributed by atoms with Gasteiger partial charge in [-0.3, -0.25) is 9.59 Å². The Bertz CT molecular complexity index is 1180. The minimum atomic E-state index is -0.504. The molecule has 30 heavy (non-hydrogen) atoms. The second-order valence-electron chi connectivity index (χ2n) is 6.86. The van der Waals surface area contributed by atoms with Gasteiger partial charge in [-0.2, -0.15) is 0 Å². The van der Waals surface area contributed by atoms with E-state index in [9.17, 15) is 9.59 Å². The minimum absolute atomic E-state index is 0.188. The van der Waals surface area contributed by atoms with Gasteiger partial charge in [0.15, 0.2) is 0 Å². The van der Waals surface area contributed by atoms with Gasteiger partial charge in [-0.25, -0.2) is 4.98 Å². The number of benzene rings is 3. The highest BCUT2D eigenvalue weighted by atomic mass is 32.1. The van der Waals surface area contributed by atoms with Gasteiger partial charge >= 0.3 is 0 Å². The van der Waals surface area contributed by atoms with Crippen molar-refractivity contribution in [1.29, 1.82) is 0 Å². The van der Waals surface area contributed by atoms with E-state index in [1.807, 2.05) is 42.5 Å². The Balaban J connectivity index is 1.45. The fourth-order valence-electron chi connectivity index (χ4n) is 3.02. The van der Waals surface area contributed by atoms with E-state index in [2.05, 4.69) is 16.7 Å². The number of amides is 2. The number of rotatable bonds is 6. The summed E-state index contributed by atoms with van der Waals surface area (Å²) in [5.74, 6) is -0.692. The smallest absolute Gasteiger partial charge is 0.248 e. The van der Waals surface area contributed by atoms with E-state index in [4.69, 9.17) is 10.7 Å². The van der Waals surface area contributed by atoms with Gasteiger partial charge in [-0.1, -0.05) is 24.3 Å². The van der Waals surface area contributed by atoms with Crippen molar-refractivity contribution in [2.24, 2.45) is 5.73 Å². The second kappa shape index (κ2) is 8.34. The summed E-state index contributed by atoms with van der Waals surface area (Å²) in [6, 6.07) is 21.9. The van der Waals surface area contributed by atoms with Crippen LogP contribution in [0.2, 0.25) is 0 Å². The molecule has 3 aromatic carbocycles. The van der Waals surface area contributed by atoms with Gasteiger partial charge in [0, 0.05) is 22.5 Å². The van der Waals surface area contributed by atoms with Crippen LogP contribution in [0.3, 0.4) is 0 Å². The lowest BCUT2D eigenvalue weighted by atomic mass is 10.1. The maximum absolute atomic E-state index is 12.5. The molecular formula is C23H20N4O2S. The second-order valence-corrected chi connectivity index (χ2v) is 7.90. The summed E-state index contributed by atoms with van der Waals surface area (Å²) in [6.07, 6.45) is 0. The van der Waals surface area contributed by atoms with E-state index in [0.717, 1.165) is 26.5 Å². The molecule has 2 amide bonds. The SMILES string of the molecule is CC(Nc1cccc(-c2nc3ccccc3s2)c1)C(=O)Nc1ccc(C(N)=O)cc1. The number of hydrogen-bond acceptors (Lipinski definition) is 5. The maximum Gasteiger partial charge on any atom is 0.248 e. The minimum Gasteiger partial charge on any atom is -0.374 e. The number of hydrogen-bond donors (Lipinski definition) is 3. The van der Waals surface area contributed by atoms with Crippen LogP contribution in [-0.2, 0) is 4.79 Å². The monoisotopic (exact) mass is 416 g/mol. The van der Waals surface area contributed by atoms with Crippen LogP contribution in [0.1, 0.15) is 17.3 Å². The fraction of sp³-hybridized carbons (Fsp3) is 0.0870. The molecule has 7 heteroatoms. The lowest BCUT2D eigenvalue weighted by Gasteiger charge is -2.16. The van der Waals surface area contributed by atoms with Gasteiger partial charge in [0.2, 0.25) is 11.8 Å². The summed E-state index contributed by atoms with van der Waals surface area (Å²) >= 11 is 1.64. The number of anilines is 2. The third-order valence-corrected chi connectivity index (χ3v) is 5.70. The highest BCUT2D eigenvalue weighted by molar-refractivity contribution is 7.21. The van der Waals surface area contributed by atoms with E-state index in [1.54, 1.807) is 42.5 Å². The Labute approximate surface area is 177 Å². The topological polar surface area (TPSA) is 97.1 Å². The van der Waals surface area contributed by atoms with Crippen molar-refractivity contribution in [2.45, 2.75) is 13.0 Å². The average molecular weight is 417 g/mol. The molecule has 4 rings (SSSR count). The van der Waals surface area contributed by atoms with Crippen LogP contribution in [-0.4, -0.2) is 22.8 Å². The predicted molar refractivity (Wildman–Crippen MR) is 122 cm³/mol. The molecule has 150 valence electrons. The lowest BCUT2D eigenvalue weighted by Crippen LogP contribution is -2.31. The molecule has 0 bridgehead atoms. The summed E-state index contributed by atoms with van der Waals surface area (Å²) < 4.78 is 1.14. The molecule has 1 unspecified atom stereocenters. The van der Waals surface area contributed by atoms with E-state index >= 15 is 0 Å². The summed E-state index contributed by atoms with van der Waals surface area (Å²) in [5.41, 5.74) is 9.03. The van der Waals surface area contributed by atoms with E-state index in [-0.39, 0.29) is 5.91 Å². The Morgan fingerprint density at radius 3 is 2.47 bits per heavy atom. The number of nitrogens with two attached hydrogens (primary N) is 1. The molecule has 1 heterocycles. The number of fused-ring (bicyclic) bond motifs is 1. The first kappa shape index (κ1) is 19.6. The van der Waals surface area contributed by atoms with E-state index < -0.39 is 11.9 Å². The predicted octanol–water partition coefficient (Wildman–Crippen LogP) is 4.50. The highest BCUT2D eigenvalue weighted by Crippen LogP contribution is 2.31. The molecule has 0 spiro atoms. The molecule has 0 radical (unpaired) electrons. The van der Waals surface area contributed by atoms with Crippen LogP contribution >= 0.6 is 11.3 Å². The van der Waals surface area contributed by atoms with Crippen molar-refractivity contribution in [3.63, 3.8) is 0 Å². The van der Waals surface area contributed by atoms with Crippen LogP contribution in [0.5, 0.6) is 0 Å². The third-order valence-electron chi connectivity index (χ3n) is 4.62. The van der Waals surface area contributed by atoms with Crippen LogP contribution in [0.25, 0.3) is 20.8 Å². The number of thiazole rings is 1. The number of primary amides is 1. The Hall–Kier alpha value is -3.71. The van der Waals surface area contributed by atoms with Crippen LogP contribution in [0.15, 0.2) is 72.8 Å². The van der Waals surface area contributed by atoms with Crippen molar-refractivity contribution in [1.82, 2.24) is 4.98 Å². The first-order chi connectivity index (χ1) is 14.5. The maximum atomic E-state index is 12.5. The Morgan fingerprint density at radius 1 is 0.967 bits per heavy atom. The zero-order valence-electron chi connectivity index (χ0n) is 16.3. The normalized spacial score (nSPS) is 11.8. The van der Waals surface area contributed by atoms with Crippen molar-refractivity contribution < 1.29 is 9.59 Å². The number of nitrogens with one attached hydrogen (secondary N) is 2. The van der Waals surface area contributed by atoms with Crippen molar-refractivity contribution >= 4 is 44.7 Å². The molecule has 0 saturated carbocycles. The molecule has 0 aliphatic carbocycles. The number of aromatic nitrogens is 1. The van der Waals surface area contributed by atoms with E-state index in [1.165, 1.54) is 0 Å². The van der Waals surface area contributed by atoms with Crippen LogP contribution < -0.4 is 16.4 Å². The van der Waals surface area contributed by atoms with Gasteiger partial charge in [-0.05, 0) is 55.5 Å². The van der Waals surface area contributed by atoms with Gasteiger partial charge in [0.25, 0.3) is 0 Å². The molecule has 1 atom stereocenters. The van der Waals surface area contributed by atoms with Gasteiger partial charge in [-0.15, -0.1) is 11.3 Å². The number of carbonyl (C=O) groups excluding carboxylic acids is 2. The molecular weight excluding hydrogens is 396 g/mol. The van der Waals surface area contributed by atoms with Crippen LogP contribution in [0.4, 0.5) is 11.4 Å². The highest BCUT2D eigenvalue weighted by Gasteiger charge is 2.14. The number of nitrogens with zero attached hydrogens (tertiary/aromatic N) is 1. The fourth-order valence-corrected chi connectivity index (χ4v) is 3.98. The Morgan fingerprint density at radius 2 is 1.73 bits per heavy atom. The lowest BCUT2D eigenvalue weighted by molar-refractivity contribution is -0.116. The van der Waals surface area contributed by atoms with Crippen molar-refractivity contribution in [3.8, 4) is 10.6 Å². The standard InChI is InChI=1S/C23H20N4O2S/c1-14(22(29)26-17-11-9-15(10-12-17)21(24)28)25-18-6-4-5-16(13-18)23-27-19-7-2-3-8-20(19)30-23/h2-14,25H,1H3,(H2,24,28)(H,26,29). The molecule has 0 aliphatic heterocycles. The van der Waals surface area contributed by atoms with Crippen molar-refractivity contribution in [3.05, 3.63) is 78.4 Å². The van der Waals surface area contributed by atoms with Gasteiger partial charge < -0.3 is 16.4 Å². The average Bonchev–Trinajstić information content (AvgIpc) is 3.18. The van der Waals surface area contributed by atoms with Crippen molar-refractivity contribution in [2.75, 3.05) is 10.6 Å². The zero-order chi connectivity index (χ0) is 21.1. The summed E-state index contributed by atoms with van der Waals surface area (Å²) in [4.78, 5) is 28.4. The molecule has 1 aromatic heterocycles. The summed E-state index contributed by atoms with van der Waals surface area (Å²) in [6.45, 7) is 1.79. The quantitative estimate of drug-likeness (QED) is 0.431. The van der Waals surface area contributed by atoms with Gasteiger partial charge in [0.05, 0.1) is 10.2 Å². The van der Waals surface area contributed by atoms with E-state index in [0.29, 0.717) is 11.3 Å². The molecule has 0 fully saturated rings. The zero-order valence-corrected chi connectivity index (χ0v) is 17.1.